The number of nitrogens with zero attached hydrogens (tertiary/aromatic N) is 5. The molecule has 10 heteroatoms. The van der Waals surface area contributed by atoms with E-state index in [1.54, 1.807) is 0 Å². The minimum absolute atomic E-state index is 0.199. The summed E-state index contributed by atoms with van der Waals surface area (Å²) in [5.74, 6) is 0. The van der Waals surface area contributed by atoms with Crippen molar-refractivity contribution in [1.82, 2.24) is 9.13 Å². The molecule has 2 aliphatic rings. The van der Waals surface area contributed by atoms with Crippen molar-refractivity contribution in [3.05, 3.63) is 403 Å². The molecule has 0 saturated carbocycles. The Balaban J connectivity index is 0.897. The Morgan fingerprint density at radius 1 is 0.242 bits per heavy atom. The van der Waals surface area contributed by atoms with Crippen molar-refractivity contribution in [2.45, 2.75) is 157 Å². The van der Waals surface area contributed by atoms with Gasteiger partial charge in [0.25, 0.3) is 6.71 Å². The lowest BCUT2D eigenvalue weighted by atomic mass is 9.33. The summed E-state index contributed by atoms with van der Waals surface area (Å²) in [4.78, 5) is 5.55. The minimum Gasteiger partial charge on any atom is -0.456 e. The molecule has 0 saturated heterocycles. The molecule has 0 unspecified atom stereocenters. The maximum atomic E-state index is 11.1. The molecule has 0 N–H and O–H groups in total. The zero-order chi connectivity index (χ0) is 102. The molecular weight excluding hydrogens is 1830 g/mol. The Labute approximate surface area is 873 Å². The fourth-order valence-electron chi connectivity index (χ4n) is 24.4. The molecule has 0 aliphatic carbocycles. The van der Waals surface area contributed by atoms with Crippen molar-refractivity contribution >= 4 is 198 Å². The number of furan rings is 3. The average molecular weight is 1950 g/mol. The highest BCUT2D eigenvalue weighted by Crippen LogP contribution is 2.60. The number of anilines is 6. The van der Waals surface area contributed by atoms with E-state index in [4.69, 9.17) is 13.3 Å². The lowest BCUT2D eigenvalue weighted by Crippen LogP contribution is -2.61. The van der Waals surface area contributed by atoms with Crippen LogP contribution in [-0.4, -0.2) is 15.8 Å². The number of hydrogen-bond acceptors (Lipinski definition) is 7. The normalized spacial score (nSPS) is 13.3. The number of fused-ring (bicyclic) bond motifs is 22. The van der Waals surface area contributed by atoms with Crippen LogP contribution in [0.4, 0.5) is 34.1 Å². The monoisotopic (exact) mass is 1940 g/mol. The van der Waals surface area contributed by atoms with E-state index in [0.29, 0.717) is 5.56 Å². The van der Waals surface area contributed by atoms with E-state index in [-0.39, 0.29) is 21.7 Å². The van der Waals surface area contributed by atoms with Crippen LogP contribution in [-0.2, 0) is 32.5 Å². The molecule has 0 amide bonds. The van der Waals surface area contributed by atoms with Gasteiger partial charge in [-0.15, -0.1) is 11.3 Å². The number of hydrogen-bond donors (Lipinski definition) is 0. The molecule has 25 aromatic rings. The van der Waals surface area contributed by atoms with Gasteiger partial charge >= 0.3 is 0 Å². The Morgan fingerprint density at radius 3 is 1.08 bits per heavy atom. The van der Waals surface area contributed by atoms with Crippen LogP contribution in [0.3, 0.4) is 0 Å². The summed E-state index contributed by atoms with van der Waals surface area (Å²) in [6.07, 6.45) is 0. The maximum Gasteiger partial charge on any atom is 0.252 e. The topological polar surface area (TPSA) is 79.5 Å². The van der Waals surface area contributed by atoms with Crippen molar-refractivity contribution in [2.75, 3.05) is 9.80 Å². The molecule has 27 rings (SSSR count). The highest BCUT2D eigenvalue weighted by molar-refractivity contribution is 7.26. The van der Waals surface area contributed by atoms with E-state index in [9.17, 15) is 5.26 Å². The molecule has 6 aromatic heterocycles. The van der Waals surface area contributed by atoms with Crippen LogP contribution >= 0.6 is 11.3 Å². The number of benzene rings is 19. The molecular formula is C139H114BN5O3S. The number of para-hydroxylation sites is 3. The molecule has 149 heavy (non-hydrogen) atoms. The van der Waals surface area contributed by atoms with Gasteiger partial charge < -0.3 is 32.2 Å². The summed E-state index contributed by atoms with van der Waals surface area (Å²) in [5.41, 5.74) is 39.5. The summed E-state index contributed by atoms with van der Waals surface area (Å²) < 4.78 is 29.2. The van der Waals surface area contributed by atoms with Crippen LogP contribution in [0.25, 0.3) is 208 Å². The molecule has 0 spiro atoms. The number of nitriles is 1. The second-order valence-corrected chi connectivity index (χ2v) is 48.9. The Bertz CT molecular complexity index is 9750. The summed E-state index contributed by atoms with van der Waals surface area (Å²) in [6.45, 7) is 41.8. The highest BCUT2D eigenvalue weighted by atomic mass is 32.1. The molecule has 0 radical (unpaired) electrons. The smallest absolute Gasteiger partial charge is 0.252 e. The van der Waals surface area contributed by atoms with Crippen molar-refractivity contribution in [3.63, 3.8) is 0 Å². The van der Waals surface area contributed by atoms with Gasteiger partial charge in [0, 0.05) is 125 Å². The minimum atomic E-state index is -0.526. The fraction of sp³-hybridized carbons (Fsp3) is 0.173. The van der Waals surface area contributed by atoms with E-state index < -0.39 is 17.5 Å². The highest BCUT2D eigenvalue weighted by Gasteiger charge is 2.48. The third-order valence-electron chi connectivity index (χ3n) is 32.2. The van der Waals surface area contributed by atoms with Gasteiger partial charge in [-0.3, -0.25) is 0 Å². The van der Waals surface area contributed by atoms with Gasteiger partial charge in [-0.25, -0.2) is 0 Å². The van der Waals surface area contributed by atoms with Crippen molar-refractivity contribution in [2.24, 2.45) is 0 Å². The largest absolute Gasteiger partial charge is 0.456 e. The molecule has 0 atom stereocenters. The van der Waals surface area contributed by atoms with Gasteiger partial charge in [-0.1, -0.05) is 325 Å². The first-order valence-corrected chi connectivity index (χ1v) is 53.3. The Hall–Kier alpha value is -16.4. The summed E-state index contributed by atoms with van der Waals surface area (Å²) in [5, 5.41) is 24.1. The summed E-state index contributed by atoms with van der Waals surface area (Å²) in [7, 11) is 0. The van der Waals surface area contributed by atoms with Crippen LogP contribution in [0.1, 0.15) is 164 Å². The lowest BCUT2D eigenvalue weighted by molar-refractivity contribution is 0.590. The first-order valence-electron chi connectivity index (χ1n) is 52.5. The number of rotatable bonds is 10. The van der Waals surface area contributed by atoms with Gasteiger partial charge in [0.1, 0.15) is 33.5 Å². The molecule has 8 nitrogen and oxygen atoms in total. The van der Waals surface area contributed by atoms with E-state index in [1.807, 2.05) is 17.4 Å². The maximum absolute atomic E-state index is 11.1. The number of aromatic nitrogens is 2. The molecule has 0 bridgehead atoms. The van der Waals surface area contributed by atoms with E-state index in [1.165, 1.54) is 58.8 Å². The SMILES string of the molecule is CC(C)(C)c1cc(-c2ccccc2)cc(-c2ccc3c(c2)B2c4ccc(-n5c6ccc(C#N)cc6c6cc(C(C)(C)C)ccc65)cc4N(c4c(-c5cccc6oc7ccccc7c56)cc(C(C)(C)C)cc4-c4cccc5oc6ccccc6c45)c4cc(-n5c6ccc(C(C)(C)C)cc6c6cc(C(C)(C)C)ccc65)cc(c42)N3c2c(-c3cccc4oc5ccccc5c34)cc(C(C)(C)C)cc2-c2cccc3sc4ccccc4c23)c1. The second-order valence-electron chi connectivity index (χ2n) is 47.8. The van der Waals surface area contributed by atoms with Gasteiger partial charge in [0.05, 0.1) is 50.8 Å². The van der Waals surface area contributed by atoms with Crippen molar-refractivity contribution in [3.8, 4) is 84.2 Å². The fourth-order valence-corrected chi connectivity index (χ4v) is 25.6. The average Bonchev–Trinajstić information content (AvgIpc) is 1.47. The van der Waals surface area contributed by atoms with Crippen molar-refractivity contribution < 1.29 is 13.3 Å². The van der Waals surface area contributed by atoms with Crippen LogP contribution in [0, 0.1) is 11.3 Å². The summed E-state index contributed by atoms with van der Waals surface area (Å²) >= 11 is 1.87. The molecule has 0 fully saturated rings. The molecule has 19 aromatic carbocycles. The van der Waals surface area contributed by atoms with Crippen LogP contribution in [0.2, 0.25) is 0 Å². The van der Waals surface area contributed by atoms with Crippen LogP contribution in [0.5, 0.6) is 0 Å². The van der Waals surface area contributed by atoms with E-state index in [2.05, 4.69) is 508 Å². The first-order chi connectivity index (χ1) is 71.6. The van der Waals surface area contributed by atoms with Gasteiger partial charge in [0.15, 0.2) is 0 Å². The third-order valence-corrected chi connectivity index (χ3v) is 33.4. The van der Waals surface area contributed by atoms with Gasteiger partial charge in [-0.2, -0.15) is 5.26 Å². The predicted octanol–water partition coefficient (Wildman–Crippen LogP) is 37.7. The number of thiophene rings is 1. The standard InChI is InChI=1S/C139H114BN5O3S/c1-134(2,3)85-54-61-112-102(69-85)101-64-80(79-141)52-59-111(101)142(112)91-57-58-109-116(76-91)145(133-106(94-41-31-48-123-128(94)98-37-23-27-45-120(98)147-123)73-89(138(13,14)15)74-107(133)95-42-32-49-124-129(95)99-38-24-28-46-121(99)148-124)118-78-92(143-113-62-55-86(135(4,5)6)70-103(113)104-71-87(136(7,8)9)56-63-114(104)143)77-117-131(118)140(109)110-68-82(84-65-83(81-34-20-19-21-35-81)66-88(67-84)137(10,11)12)53-60-115(110)144(117)132-105(93-40-30-47-122-127(93)97-36-22-26-44-119(97)146-122)72-90(139(16,17)18)75-108(132)96-43-33-51-126-130(96)100-39-25-29-50-125(100)149-126/h19-78H,1-18H3. The van der Waals surface area contributed by atoms with Gasteiger partial charge in [0.2, 0.25) is 0 Å². The summed E-state index contributed by atoms with van der Waals surface area (Å²) in [6, 6.07) is 142. The molecule has 722 valence electrons. The Kier molecular flexibility index (Phi) is 20.1. The van der Waals surface area contributed by atoms with E-state index in [0.717, 1.165) is 233 Å². The van der Waals surface area contributed by atoms with Crippen LogP contribution < -0.4 is 26.2 Å². The zero-order valence-corrected chi connectivity index (χ0v) is 88.4. The van der Waals surface area contributed by atoms with E-state index >= 15 is 0 Å². The quantitative estimate of drug-likeness (QED) is 0.127. The van der Waals surface area contributed by atoms with Crippen LogP contribution in [0.15, 0.2) is 377 Å². The lowest BCUT2D eigenvalue weighted by Gasteiger charge is -2.46. The molecule has 2 aliphatic heterocycles. The van der Waals surface area contributed by atoms with Gasteiger partial charge in [-0.05, 0) is 291 Å². The van der Waals surface area contributed by atoms with Crippen molar-refractivity contribution in [1.29, 1.82) is 5.26 Å². The third kappa shape index (κ3) is 14.4. The Morgan fingerprint density at radius 2 is 0.617 bits per heavy atom. The zero-order valence-electron chi connectivity index (χ0n) is 87.6. The predicted molar refractivity (Wildman–Crippen MR) is 633 cm³/mol. The second kappa shape index (κ2) is 32.8. The molecule has 8 heterocycles. The first kappa shape index (κ1) is 91.3.